The number of esters is 1. The molecule has 0 saturated carbocycles. The fourth-order valence-electron chi connectivity index (χ4n) is 4.26. The number of nitrogens with zero attached hydrogens (tertiary/aromatic N) is 2. The first kappa shape index (κ1) is 19.6. The molecule has 7 heteroatoms. The molecule has 2 aliphatic rings. The molecule has 1 aromatic rings. The molecule has 146 valence electrons. The van der Waals surface area contributed by atoms with Gasteiger partial charge in [0.1, 0.15) is 17.2 Å². The number of carbonyl (C=O) groups is 1. The lowest BCUT2D eigenvalue weighted by Gasteiger charge is -2.44. The molecule has 1 fully saturated rings. The maximum absolute atomic E-state index is 12.9. The number of aromatic nitrogens is 1. The van der Waals surface area contributed by atoms with E-state index >= 15 is 0 Å². The van der Waals surface area contributed by atoms with Crippen molar-refractivity contribution in [3.05, 3.63) is 33.2 Å². The molecule has 7 nitrogen and oxygen atoms in total. The standard InChI is InChI=1S/C20H26N2O5/c1-4-19(5-2)12-20(27-26-13-19)7-8-22-16(20)9-14(10-17(23)25-6-3)15(11-21)18(22)24/h9H,4-8,10,12-13H2,1-3H3. The van der Waals surface area contributed by atoms with E-state index in [1.54, 1.807) is 17.6 Å². The van der Waals surface area contributed by atoms with Gasteiger partial charge >= 0.3 is 5.97 Å². The number of rotatable bonds is 5. The number of carbonyl (C=O) groups excluding carboxylic acids is 1. The topological polar surface area (TPSA) is 90.6 Å². The predicted molar refractivity (Wildman–Crippen MR) is 96.7 cm³/mol. The Labute approximate surface area is 158 Å². The van der Waals surface area contributed by atoms with Crippen LogP contribution in [0.5, 0.6) is 0 Å². The number of fused-ring (bicyclic) bond motifs is 2. The number of hydrogen-bond donors (Lipinski definition) is 0. The summed E-state index contributed by atoms with van der Waals surface area (Å²) in [6.45, 7) is 7.24. The van der Waals surface area contributed by atoms with E-state index in [1.165, 1.54) is 0 Å². The van der Waals surface area contributed by atoms with Crippen LogP contribution in [0.2, 0.25) is 0 Å². The van der Waals surface area contributed by atoms with Gasteiger partial charge in [0.2, 0.25) is 0 Å². The van der Waals surface area contributed by atoms with Crippen molar-refractivity contribution in [1.82, 2.24) is 4.57 Å². The van der Waals surface area contributed by atoms with E-state index in [1.807, 2.05) is 6.07 Å². The van der Waals surface area contributed by atoms with E-state index in [2.05, 4.69) is 13.8 Å². The molecule has 0 amide bonds. The second-order valence-electron chi connectivity index (χ2n) is 7.45. The summed E-state index contributed by atoms with van der Waals surface area (Å²) >= 11 is 0. The van der Waals surface area contributed by atoms with Gasteiger partial charge in [0.25, 0.3) is 5.56 Å². The first-order valence-corrected chi connectivity index (χ1v) is 9.57. The molecular weight excluding hydrogens is 348 g/mol. The highest BCUT2D eigenvalue weighted by Crippen LogP contribution is 2.50. The smallest absolute Gasteiger partial charge is 0.310 e. The molecule has 1 aromatic heterocycles. The van der Waals surface area contributed by atoms with Crippen molar-refractivity contribution in [2.24, 2.45) is 5.41 Å². The molecule has 1 unspecified atom stereocenters. The van der Waals surface area contributed by atoms with Gasteiger partial charge in [0.05, 0.1) is 25.3 Å². The molecule has 2 aliphatic heterocycles. The Bertz CT molecular complexity index is 834. The maximum atomic E-state index is 12.9. The Morgan fingerprint density at radius 3 is 2.74 bits per heavy atom. The van der Waals surface area contributed by atoms with Crippen molar-refractivity contribution >= 4 is 5.97 Å². The minimum absolute atomic E-state index is 0.00201. The maximum Gasteiger partial charge on any atom is 0.310 e. The van der Waals surface area contributed by atoms with Crippen LogP contribution in [-0.2, 0) is 37.9 Å². The highest BCUT2D eigenvalue weighted by molar-refractivity contribution is 5.73. The lowest BCUT2D eigenvalue weighted by atomic mass is 9.72. The SMILES string of the molecule is CCOC(=O)Cc1cc2n(c(=O)c1C#N)CCC21CC(CC)(CC)COO1. The van der Waals surface area contributed by atoms with Gasteiger partial charge in [-0.05, 0) is 43.2 Å². The summed E-state index contributed by atoms with van der Waals surface area (Å²) in [6.07, 6.45) is 3.15. The lowest BCUT2D eigenvalue weighted by Crippen LogP contribution is -2.44. The molecule has 0 aromatic carbocycles. The van der Waals surface area contributed by atoms with Gasteiger partial charge in [0, 0.05) is 13.0 Å². The largest absolute Gasteiger partial charge is 0.466 e. The molecule has 3 heterocycles. The second-order valence-corrected chi connectivity index (χ2v) is 7.45. The molecule has 1 atom stereocenters. The van der Waals surface area contributed by atoms with E-state index in [0.29, 0.717) is 30.8 Å². The van der Waals surface area contributed by atoms with E-state index in [0.717, 1.165) is 19.3 Å². The summed E-state index contributed by atoms with van der Waals surface area (Å²) in [6, 6.07) is 3.72. The van der Waals surface area contributed by atoms with Crippen molar-refractivity contribution in [2.45, 2.75) is 65.0 Å². The van der Waals surface area contributed by atoms with Crippen molar-refractivity contribution < 1.29 is 19.3 Å². The third-order valence-electron chi connectivity index (χ3n) is 6.08. The summed E-state index contributed by atoms with van der Waals surface area (Å²) in [5.74, 6) is -0.456. The quantitative estimate of drug-likeness (QED) is 0.581. The Morgan fingerprint density at radius 2 is 2.11 bits per heavy atom. The van der Waals surface area contributed by atoms with Crippen molar-refractivity contribution in [1.29, 1.82) is 5.26 Å². The van der Waals surface area contributed by atoms with Gasteiger partial charge in [-0.3, -0.25) is 9.59 Å². The van der Waals surface area contributed by atoms with Crippen LogP contribution in [0.15, 0.2) is 10.9 Å². The zero-order valence-corrected chi connectivity index (χ0v) is 16.2. The predicted octanol–water partition coefficient (Wildman–Crippen LogP) is 2.58. The lowest BCUT2D eigenvalue weighted by molar-refractivity contribution is -0.414. The van der Waals surface area contributed by atoms with Gasteiger partial charge in [-0.2, -0.15) is 5.26 Å². The van der Waals surface area contributed by atoms with E-state index in [-0.39, 0.29) is 29.6 Å². The second kappa shape index (κ2) is 7.45. The highest BCUT2D eigenvalue weighted by atomic mass is 17.2. The summed E-state index contributed by atoms with van der Waals surface area (Å²) in [5, 5.41) is 9.46. The molecule has 1 saturated heterocycles. The zero-order valence-electron chi connectivity index (χ0n) is 16.2. The fourth-order valence-corrected chi connectivity index (χ4v) is 4.26. The molecule has 0 aliphatic carbocycles. The summed E-state index contributed by atoms with van der Waals surface area (Å²) in [5.41, 5.74) is -0.0331. The molecule has 0 N–H and O–H groups in total. The molecule has 3 rings (SSSR count). The molecular formula is C20H26N2O5. The molecule has 0 bridgehead atoms. The number of pyridine rings is 1. The summed E-state index contributed by atoms with van der Waals surface area (Å²) in [4.78, 5) is 36.2. The number of hydrogen-bond acceptors (Lipinski definition) is 6. The minimum atomic E-state index is -0.721. The van der Waals surface area contributed by atoms with Gasteiger partial charge in [-0.1, -0.05) is 13.8 Å². The van der Waals surface area contributed by atoms with Crippen LogP contribution in [0.25, 0.3) is 0 Å². The van der Waals surface area contributed by atoms with Crippen LogP contribution in [0.1, 0.15) is 63.3 Å². The monoisotopic (exact) mass is 374 g/mol. The number of ether oxygens (including phenoxy) is 1. The van der Waals surface area contributed by atoms with Crippen LogP contribution in [-0.4, -0.2) is 23.8 Å². The van der Waals surface area contributed by atoms with Gasteiger partial charge < -0.3 is 9.30 Å². The Hall–Kier alpha value is -2.17. The van der Waals surface area contributed by atoms with Crippen LogP contribution in [0.3, 0.4) is 0 Å². The molecule has 0 radical (unpaired) electrons. The normalized spacial score (nSPS) is 23.0. The average Bonchev–Trinajstić information content (AvgIpc) is 3.00. The first-order chi connectivity index (χ1) is 12.9. The van der Waals surface area contributed by atoms with Crippen molar-refractivity contribution in [2.75, 3.05) is 13.2 Å². The van der Waals surface area contributed by atoms with Crippen LogP contribution in [0, 0.1) is 16.7 Å². The Morgan fingerprint density at radius 1 is 1.37 bits per heavy atom. The third-order valence-corrected chi connectivity index (χ3v) is 6.08. The fraction of sp³-hybridized carbons (Fsp3) is 0.650. The van der Waals surface area contributed by atoms with E-state index < -0.39 is 11.6 Å². The van der Waals surface area contributed by atoms with E-state index in [9.17, 15) is 14.9 Å². The van der Waals surface area contributed by atoms with Gasteiger partial charge in [-0.25, -0.2) is 9.78 Å². The number of nitriles is 1. The minimum Gasteiger partial charge on any atom is -0.466 e. The van der Waals surface area contributed by atoms with E-state index in [4.69, 9.17) is 14.5 Å². The van der Waals surface area contributed by atoms with Crippen LogP contribution in [0.4, 0.5) is 0 Å². The highest BCUT2D eigenvalue weighted by Gasteiger charge is 2.51. The van der Waals surface area contributed by atoms with Crippen molar-refractivity contribution in [3.63, 3.8) is 0 Å². The zero-order chi connectivity index (χ0) is 19.7. The average molecular weight is 374 g/mol. The third kappa shape index (κ3) is 3.28. The summed E-state index contributed by atoms with van der Waals surface area (Å²) < 4.78 is 6.59. The molecule has 1 spiro atoms. The Kier molecular flexibility index (Phi) is 5.41. The molecule has 27 heavy (non-hydrogen) atoms. The summed E-state index contributed by atoms with van der Waals surface area (Å²) in [7, 11) is 0. The first-order valence-electron chi connectivity index (χ1n) is 9.57. The van der Waals surface area contributed by atoms with Crippen LogP contribution < -0.4 is 5.56 Å². The van der Waals surface area contributed by atoms with Gasteiger partial charge in [-0.15, -0.1) is 0 Å². The Balaban J connectivity index is 2.08. The van der Waals surface area contributed by atoms with Crippen molar-refractivity contribution in [3.8, 4) is 6.07 Å². The van der Waals surface area contributed by atoms with Crippen LogP contribution >= 0.6 is 0 Å². The van der Waals surface area contributed by atoms with Gasteiger partial charge in [0.15, 0.2) is 0 Å².